The summed E-state index contributed by atoms with van der Waals surface area (Å²) in [4.78, 5) is 35.6. The Morgan fingerprint density at radius 1 is 1.00 bits per heavy atom. The smallest absolute Gasteiger partial charge is 0.340 e. The SMILES string of the molecule is CCOC(=O)C(NC(=O)C1CC2CC2C1)C(=O)OCC. The molecular weight excluding hydrogens is 262 g/mol. The van der Waals surface area contributed by atoms with Gasteiger partial charge in [-0.2, -0.15) is 0 Å². The number of rotatable bonds is 6. The number of fused-ring (bicyclic) bond motifs is 1. The molecule has 0 bridgehead atoms. The van der Waals surface area contributed by atoms with Gasteiger partial charge in [0.2, 0.25) is 11.9 Å². The topological polar surface area (TPSA) is 81.7 Å². The summed E-state index contributed by atoms with van der Waals surface area (Å²) >= 11 is 0. The summed E-state index contributed by atoms with van der Waals surface area (Å²) in [5.74, 6) is -0.540. The molecule has 0 aromatic carbocycles. The van der Waals surface area contributed by atoms with Crippen molar-refractivity contribution in [3.8, 4) is 0 Å². The maximum atomic E-state index is 12.1. The second kappa shape index (κ2) is 6.24. The van der Waals surface area contributed by atoms with Gasteiger partial charge in [-0.25, -0.2) is 9.59 Å². The Morgan fingerprint density at radius 3 is 1.95 bits per heavy atom. The number of carbonyl (C=O) groups is 3. The zero-order valence-electron chi connectivity index (χ0n) is 11.9. The molecule has 2 rings (SSSR count). The maximum absolute atomic E-state index is 12.1. The predicted molar refractivity (Wildman–Crippen MR) is 69.5 cm³/mol. The highest BCUT2D eigenvalue weighted by molar-refractivity contribution is 6.02. The Kier molecular flexibility index (Phi) is 4.62. The van der Waals surface area contributed by atoms with E-state index in [0.29, 0.717) is 11.8 Å². The fourth-order valence-corrected chi connectivity index (χ4v) is 2.85. The minimum Gasteiger partial charge on any atom is -0.464 e. The van der Waals surface area contributed by atoms with Gasteiger partial charge in [0.15, 0.2) is 0 Å². The molecule has 2 atom stereocenters. The van der Waals surface area contributed by atoms with Crippen LogP contribution in [0.4, 0.5) is 0 Å². The first-order chi connectivity index (χ1) is 9.56. The molecule has 2 fully saturated rings. The van der Waals surface area contributed by atoms with Crippen molar-refractivity contribution in [2.75, 3.05) is 13.2 Å². The number of hydrogen-bond acceptors (Lipinski definition) is 5. The van der Waals surface area contributed by atoms with E-state index in [-0.39, 0.29) is 25.0 Å². The van der Waals surface area contributed by atoms with Crippen molar-refractivity contribution in [3.05, 3.63) is 0 Å². The van der Waals surface area contributed by atoms with Gasteiger partial charge in [-0.15, -0.1) is 0 Å². The summed E-state index contributed by atoms with van der Waals surface area (Å²) in [5.41, 5.74) is 0. The third-order valence-electron chi connectivity index (χ3n) is 3.95. The molecule has 1 amide bonds. The molecule has 0 radical (unpaired) electrons. The van der Waals surface area contributed by atoms with Gasteiger partial charge in [-0.1, -0.05) is 0 Å². The molecule has 2 aliphatic rings. The highest BCUT2D eigenvalue weighted by Crippen LogP contribution is 2.54. The monoisotopic (exact) mass is 283 g/mol. The van der Waals surface area contributed by atoms with E-state index in [1.807, 2.05) is 0 Å². The Labute approximate surface area is 118 Å². The summed E-state index contributed by atoms with van der Waals surface area (Å²) in [5, 5.41) is 2.48. The predicted octanol–water partition coefficient (Wildman–Crippen LogP) is 0.643. The van der Waals surface area contributed by atoms with Crippen molar-refractivity contribution < 1.29 is 23.9 Å². The number of carbonyl (C=O) groups excluding carboxylic acids is 3. The summed E-state index contributed by atoms with van der Waals surface area (Å²) in [6.07, 6.45) is 2.92. The molecule has 0 aliphatic heterocycles. The molecule has 20 heavy (non-hydrogen) atoms. The minimum absolute atomic E-state index is 0.0925. The van der Waals surface area contributed by atoms with Gasteiger partial charge in [-0.05, 0) is 44.9 Å². The van der Waals surface area contributed by atoms with E-state index < -0.39 is 18.0 Å². The number of ether oxygens (including phenoxy) is 2. The molecule has 0 aromatic rings. The molecule has 1 N–H and O–H groups in total. The quantitative estimate of drug-likeness (QED) is 0.571. The average molecular weight is 283 g/mol. The lowest BCUT2D eigenvalue weighted by molar-refractivity contribution is -0.160. The van der Waals surface area contributed by atoms with Gasteiger partial charge in [0.25, 0.3) is 0 Å². The van der Waals surface area contributed by atoms with Crippen LogP contribution < -0.4 is 5.32 Å². The molecule has 6 heteroatoms. The molecule has 2 unspecified atom stereocenters. The van der Waals surface area contributed by atoms with Gasteiger partial charge in [-0.3, -0.25) is 4.79 Å². The van der Waals surface area contributed by atoms with E-state index in [0.717, 1.165) is 12.8 Å². The van der Waals surface area contributed by atoms with Crippen LogP contribution in [-0.4, -0.2) is 37.1 Å². The first-order valence-electron chi connectivity index (χ1n) is 7.20. The van der Waals surface area contributed by atoms with Crippen molar-refractivity contribution in [2.24, 2.45) is 17.8 Å². The van der Waals surface area contributed by atoms with Gasteiger partial charge >= 0.3 is 11.9 Å². The first kappa shape index (κ1) is 14.8. The Hall–Kier alpha value is -1.59. The molecule has 0 spiro atoms. The number of nitrogens with one attached hydrogen (secondary N) is 1. The first-order valence-corrected chi connectivity index (χ1v) is 7.20. The molecule has 2 aliphatic carbocycles. The third-order valence-corrected chi connectivity index (χ3v) is 3.95. The zero-order chi connectivity index (χ0) is 14.7. The number of hydrogen-bond donors (Lipinski definition) is 1. The van der Waals surface area contributed by atoms with Crippen molar-refractivity contribution in [2.45, 2.75) is 39.2 Å². The van der Waals surface area contributed by atoms with E-state index >= 15 is 0 Å². The van der Waals surface area contributed by atoms with Crippen LogP contribution in [0.25, 0.3) is 0 Å². The van der Waals surface area contributed by atoms with Crippen LogP contribution in [0.15, 0.2) is 0 Å². The lowest BCUT2D eigenvalue weighted by Gasteiger charge is -2.18. The maximum Gasteiger partial charge on any atom is 0.340 e. The van der Waals surface area contributed by atoms with E-state index in [2.05, 4.69) is 5.32 Å². The van der Waals surface area contributed by atoms with Crippen LogP contribution in [0.1, 0.15) is 33.1 Å². The van der Waals surface area contributed by atoms with E-state index in [9.17, 15) is 14.4 Å². The normalized spacial score (nSPS) is 26.9. The lowest BCUT2D eigenvalue weighted by atomic mass is 10.0. The second-order valence-electron chi connectivity index (χ2n) is 5.37. The van der Waals surface area contributed by atoms with Gasteiger partial charge in [0, 0.05) is 5.92 Å². The summed E-state index contributed by atoms with van der Waals surface area (Å²) in [6, 6.07) is -1.35. The fourth-order valence-electron chi connectivity index (χ4n) is 2.85. The van der Waals surface area contributed by atoms with Gasteiger partial charge < -0.3 is 14.8 Å². The number of amides is 1. The van der Waals surface area contributed by atoms with Gasteiger partial charge in [0.1, 0.15) is 0 Å². The highest BCUT2D eigenvalue weighted by Gasteiger charge is 2.48. The zero-order valence-corrected chi connectivity index (χ0v) is 11.9. The Balaban J connectivity index is 1.93. The molecule has 112 valence electrons. The third kappa shape index (κ3) is 3.29. The largest absolute Gasteiger partial charge is 0.464 e. The Bertz CT molecular complexity index is 380. The molecular formula is C14H21NO5. The van der Waals surface area contributed by atoms with Crippen LogP contribution in [0.5, 0.6) is 0 Å². The number of esters is 2. The van der Waals surface area contributed by atoms with E-state index in [1.165, 1.54) is 6.42 Å². The summed E-state index contributed by atoms with van der Waals surface area (Å²) in [6.45, 7) is 3.59. The van der Waals surface area contributed by atoms with Crippen molar-refractivity contribution >= 4 is 17.8 Å². The van der Waals surface area contributed by atoms with Crippen molar-refractivity contribution in [3.63, 3.8) is 0 Å². The average Bonchev–Trinajstić information content (AvgIpc) is 3.02. The summed E-state index contributed by atoms with van der Waals surface area (Å²) in [7, 11) is 0. The highest BCUT2D eigenvalue weighted by atomic mass is 16.6. The van der Waals surface area contributed by atoms with Crippen LogP contribution in [0.3, 0.4) is 0 Å². The summed E-state index contributed by atoms with van der Waals surface area (Å²) < 4.78 is 9.62. The molecule has 0 aromatic heterocycles. The standard InChI is InChI=1S/C14H21NO5/c1-3-19-13(17)11(14(18)20-4-2)15-12(16)10-6-8-5-9(8)7-10/h8-11H,3-7H2,1-2H3,(H,15,16). The van der Waals surface area contributed by atoms with Crippen LogP contribution >= 0.6 is 0 Å². The van der Waals surface area contributed by atoms with Crippen molar-refractivity contribution in [1.29, 1.82) is 0 Å². The van der Waals surface area contributed by atoms with Crippen LogP contribution in [0.2, 0.25) is 0 Å². The van der Waals surface area contributed by atoms with E-state index in [1.54, 1.807) is 13.8 Å². The lowest BCUT2D eigenvalue weighted by Crippen LogP contribution is -2.49. The minimum atomic E-state index is -1.35. The van der Waals surface area contributed by atoms with E-state index in [4.69, 9.17) is 9.47 Å². The molecule has 6 nitrogen and oxygen atoms in total. The fraction of sp³-hybridized carbons (Fsp3) is 0.786. The molecule has 2 saturated carbocycles. The Morgan fingerprint density at radius 2 is 1.50 bits per heavy atom. The molecule has 0 heterocycles. The molecule has 0 saturated heterocycles. The van der Waals surface area contributed by atoms with Crippen LogP contribution in [-0.2, 0) is 23.9 Å². The van der Waals surface area contributed by atoms with Gasteiger partial charge in [0.05, 0.1) is 13.2 Å². The van der Waals surface area contributed by atoms with Crippen LogP contribution in [0, 0.1) is 17.8 Å². The van der Waals surface area contributed by atoms with Crippen molar-refractivity contribution in [1.82, 2.24) is 5.32 Å². The second-order valence-corrected chi connectivity index (χ2v) is 5.37.